The second-order valence-electron chi connectivity index (χ2n) is 4.33. The Labute approximate surface area is 120 Å². The molecule has 3 nitrogen and oxygen atoms in total. The number of nitrogens with zero attached hydrogens (tertiary/aromatic N) is 2. The molecule has 0 saturated carbocycles. The van der Waals surface area contributed by atoms with Crippen LogP contribution in [0.2, 0.25) is 0 Å². The lowest BCUT2D eigenvalue weighted by Crippen LogP contribution is -2.21. The van der Waals surface area contributed by atoms with Crippen LogP contribution < -0.4 is 5.32 Å². The molecule has 0 bridgehead atoms. The molecule has 0 aromatic carbocycles. The number of aromatic nitrogens is 2. The van der Waals surface area contributed by atoms with E-state index in [0.29, 0.717) is 6.04 Å². The van der Waals surface area contributed by atoms with Gasteiger partial charge in [0.25, 0.3) is 0 Å². The van der Waals surface area contributed by atoms with Crippen LogP contribution in [0.1, 0.15) is 35.7 Å². The molecule has 1 atom stereocenters. The molecule has 2 aromatic heterocycles. The topological polar surface area (TPSA) is 29.9 Å². The highest BCUT2D eigenvalue weighted by Crippen LogP contribution is 2.24. The first-order valence-electron chi connectivity index (χ1n) is 6.08. The van der Waals surface area contributed by atoms with Crippen molar-refractivity contribution in [1.29, 1.82) is 0 Å². The predicted octanol–water partition coefficient (Wildman–Crippen LogP) is 3.79. The molecule has 1 N–H and O–H groups in total. The summed E-state index contributed by atoms with van der Waals surface area (Å²) in [6.07, 6.45) is 1.09. The van der Waals surface area contributed by atoms with Crippen LogP contribution in [0.4, 0.5) is 0 Å². The first kappa shape index (κ1) is 13.8. The van der Waals surface area contributed by atoms with Gasteiger partial charge in [0.1, 0.15) is 0 Å². The van der Waals surface area contributed by atoms with Crippen molar-refractivity contribution in [3.8, 4) is 0 Å². The van der Waals surface area contributed by atoms with Crippen LogP contribution in [0.5, 0.6) is 0 Å². The zero-order chi connectivity index (χ0) is 13.1. The molecule has 0 aliphatic rings. The number of thiophene rings is 1. The third kappa shape index (κ3) is 2.84. The summed E-state index contributed by atoms with van der Waals surface area (Å²) in [5, 5.41) is 10.1. The average molecular weight is 328 g/mol. The van der Waals surface area contributed by atoms with Crippen LogP contribution in [-0.4, -0.2) is 9.78 Å². The Balaban J connectivity index is 2.06. The van der Waals surface area contributed by atoms with Gasteiger partial charge in [-0.1, -0.05) is 13.0 Å². The second kappa shape index (κ2) is 5.99. The van der Waals surface area contributed by atoms with Gasteiger partial charge in [0.2, 0.25) is 0 Å². The van der Waals surface area contributed by atoms with Crippen molar-refractivity contribution < 1.29 is 0 Å². The number of rotatable bonds is 5. The normalized spacial score (nSPS) is 12.9. The summed E-state index contributed by atoms with van der Waals surface area (Å²) in [5.41, 5.74) is 2.24. The lowest BCUT2D eigenvalue weighted by Gasteiger charge is -2.15. The summed E-state index contributed by atoms with van der Waals surface area (Å²) in [6.45, 7) is 5.05. The number of hydrogen-bond acceptors (Lipinski definition) is 3. The van der Waals surface area contributed by atoms with Gasteiger partial charge in [-0.05, 0) is 40.7 Å². The van der Waals surface area contributed by atoms with Crippen LogP contribution in [-0.2, 0) is 13.6 Å². The van der Waals surface area contributed by atoms with Crippen molar-refractivity contribution in [1.82, 2.24) is 15.1 Å². The molecule has 0 amide bonds. The predicted molar refractivity (Wildman–Crippen MR) is 79.8 cm³/mol. The Bertz CT molecular complexity index is 505. The monoisotopic (exact) mass is 327 g/mol. The van der Waals surface area contributed by atoms with Crippen LogP contribution in [0.25, 0.3) is 0 Å². The standard InChI is InChI=1S/C13H18BrN3S/c1-4-10(12-6-5-7-18-12)15-8-11-13(14)9(2)16-17(11)3/h5-7,10,15H,4,8H2,1-3H3. The number of halogens is 1. The SMILES string of the molecule is CCC(NCc1c(Br)c(C)nn1C)c1cccs1. The Morgan fingerprint density at radius 2 is 2.33 bits per heavy atom. The fourth-order valence-corrected chi connectivity index (χ4v) is 3.39. The van der Waals surface area contributed by atoms with Crippen molar-refractivity contribution >= 4 is 27.3 Å². The Morgan fingerprint density at radius 1 is 1.56 bits per heavy atom. The summed E-state index contributed by atoms with van der Waals surface area (Å²) in [6, 6.07) is 4.72. The molecule has 0 saturated heterocycles. The van der Waals surface area contributed by atoms with E-state index in [1.54, 1.807) is 0 Å². The van der Waals surface area contributed by atoms with Gasteiger partial charge in [-0.15, -0.1) is 11.3 Å². The van der Waals surface area contributed by atoms with E-state index < -0.39 is 0 Å². The minimum absolute atomic E-state index is 0.423. The highest BCUT2D eigenvalue weighted by molar-refractivity contribution is 9.10. The van der Waals surface area contributed by atoms with Gasteiger partial charge in [0.05, 0.1) is 15.9 Å². The first-order valence-corrected chi connectivity index (χ1v) is 7.75. The van der Waals surface area contributed by atoms with Crippen molar-refractivity contribution in [2.45, 2.75) is 32.9 Å². The van der Waals surface area contributed by atoms with Gasteiger partial charge in [-0.25, -0.2) is 0 Å². The molecule has 0 spiro atoms. The minimum Gasteiger partial charge on any atom is -0.304 e. The Hall–Kier alpha value is -0.650. The van der Waals surface area contributed by atoms with E-state index >= 15 is 0 Å². The van der Waals surface area contributed by atoms with Gasteiger partial charge < -0.3 is 5.32 Å². The molecule has 5 heteroatoms. The van der Waals surface area contributed by atoms with Gasteiger partial charge in [-0.2, -0.15) is 5.10 Å². The van der Waals surface area contributed by atoms with Crippen molar-refractivity contribution in [2.24, 2.45) is 7.05 Å². The molecule has 18 heavy (non-hydrogen) atoms. The fraction of sp³-hybridized carbons (Fsp3) is 0.462. The summed E-state index contributed by atoms with van der Waals surface area (Å²) in [5.74, 6) is 0. The lowest BCUT2D eigenvalue weighted by molar-refractivity contribution is 0.508. The molecule has 0 aliphatic carbocycles. The lowest BCUT2D eigenvalue weighted by atomic mass is 10.2. The van der Waals surface area contributed by atoms with Gasteiger partial charge >= 0.3 is 0 Å². The third-order valence-corrected chi connectivity index (χ3v) is 5.09. The van der Waals surface area contributed by atoms with E-state index in [4.69, 9.17) is 0 Å². The van der Waals surface area contributed by atoms with E-state index in [0.717, 1.165) is 23.1 Å². The minimum atomic E-state index is 0.423. The largest absolute Gasteiger partial charge is 0.304 e. The first-order chi connectivity index (χ1) is 8.63. The van der Waals surface area contributed by atoms with E-state index in [9.17, 15) is 0 Å². The van der Waals surface area contributed by atoms with Gasteiger partial charge in [-0.3, -0.25) is 4.68 Å². The van der Waals surface area contributed by atoms with E-state index in [1.807, 2.05) is 30.0 Å². The third-order valence-electron chi connectivity index (χ3n) is 3.07. The van der Waals surface area contributed by atoms with Crippen molar-refractivity contribution in [3.05, 3.63) is 38.3 Å². The molecule has 2 aromatic rings. The number of aryl methyl sites for hydroxylation is 2. The fourth-order valence-electron chi connectivity index (χ4n) is 2.03. The molecule has 0 radical (unpaired) electrons. The molecule has 0 aliphatic heterocycles. The molecular weight excluding hydrogens is 310 g/mol. The maximum absolute atomic E-state index is 4.41. The van der Waals surface area contributed by atoms with Gasteiger partial charge in [0.15, 0.2) is 0 Å². The molecule has 98 valence electrons. The van der Waals surface area contributed by atoms with E-state index in [-0.39, 0.29) is 0 Å². The van der Waals surface area contributed by atoms with Crippen LogP contribution in [0.15, 0.2) is 22.0 Å². The Kier molecular flexibility index (Phi) is 4.59. The zero-order valence-corrected chi connectivity index (χ0v) is 13.3. The van der Waals surface area contributed by atoms with Crippen molar-refractivity contribution in [2.75, 3.05) is 0 Å². The molecule has 2 heterocycles. The summed E-state index contributed by atoms with van der Waals surface area (Å²) < 4.78 is 3.05. The van der Waals surface area contributed by atoms with Crippen LogP contribution in [0, 0.1) is 6.92 Å². The van der Waals surface area contributed by atoms with Crippen LogP contribution in [0.3, 0.4) is 0 Å². The average Bonchev–Trinajstić information content (AvgIpc) is 2.94. The second-order valence-corrected chi connectivity index (χ2v) is 6.10. The van der Waals surface area contributed by atoms with Crippen molar-refractivity contribution in [3.63, 3.8) is 0 Å². The highest BCUT2D eigenvalue weighted by Gasteiger charge is 2.14. The van der Waals surface area contributed by atoms with Crippen LogP contribution >= 0.6 is 27.3 Å². The van der Waals surface area contributed by atoms with E-state index in [2.05, 4.69) is 50.8 Å². The molecule has 0 fully saturated rings. The quantitative estimate of drug-likeness (QED) is 0.905. The summed E-state index contributed by atoms with van der Waals surface area (Å²) in [7, 11) is 1.99. The molecule has 2 rings (SSSR count). The number of nitrogens with one attached hydrogen (secondary N) is 1. The molecule has 1 unspecified atom stereocenters. The van der Waals surface area contributed by atoms with Gasteiger partial charge in [0, 0.05) is 24.5 Å². The number of hydrogen-bond donors (Lipinski definition) is 1. The maximum atomic E-state index is 4.41. The summed E-state index contributed by atoms with van der Waals surface area (Å²) in [4.78, 5) is 1.40. The zero-order valence-electron chi connectivity index (χ0n) is 10.9. The highest BCUT2D eigenvalue weighted by atomic mass is 79.9. The van der Waals surface area contributed by atoms with E-state index in [1.165, 1.54) is 10.6 Å². The Morgan fingerprint density at radius 3 is 2.83 bits per heavy atom. The molecular formula is C13H18BrN3S. The smallest absolute Gasteiger partial charge is 0.0739 e. The maximum Gasteiger partial charge on any atom is 0.0739 e. The summed E-state index contributed by atoms with van der Waals surface area (Å²) >= 11 is 5.41.